The van der Waals surface area contributed by atoms with Gasteiger partial charge in [0.25, 0.3) is 0 Å². The summed E-state index contributed by atoms with van der Waals surface area (Å²) in [5, 5.41) is 4.20. The highest BCUT2D eigenvalue weighted by Gasteiger charge is 2.22. The van der Waals surface area contributed by atoms with E-state index < -0.39 is 0 Å². The molecule has 4 nitrogen and oxygen atoms in total. The molecular weight excluding hydrogens is 232 g/mol. The summed E-state index contributed by atoms with van der Waals surface area (Å²) in [6, 6.07) is 0.173. The van der Waals surface area contributed by atoms with Crippen LogP contribution in [0.4, 0.5) is 0 Å². The van der Waals surface area contributed by atoms with Crippen LogP contribution in [0.3, 0.4) is 0 Å². The molecule has 0 radical (unpaired) electrons. The highest BCUT2D eigenvalue weighted by atomic mass is 32.1. The van der Waals surface area contributed by atoms with Crippen LogP contribution >= 0.6 is 11.5 Å². The van der Waals surface area contributed by atoms with E-state index in [1.165, 1.54) is 16.4 Å². The fraction of sp³-hybridized carbons (Fsp3) is 0.833. The van der Waals surface area contributed by atoms with E-state index in [0.717, 1.165) is 18.5 Å². The molecule has 98 valence electrons. The van der Waals surface area contributed by atoms with Gasteiger partial charge in [0.1, 0.15) is 0 Å². The van der Waals surface area contributed by atoms with Gasteiger partial charge in [-0.05, 0) is 35.7 Å². The van der Waals surface area contributed by atoms with E-state index in [0.29, 0.717) is 11.3 Å². The highest BCUT2D eigenvalue weighted by molar-refractivity contribution is 7.05. The Morgan fingerprint density at radius 3 is 2.47 bits per heavy atom. The van der Waals surface area contributed by atoms with Gasteiger partial charge < -0.3 is 0 Å². The minimum atomic E-state index is 0.173. The largest absolute Gasteiger partial charge is 0.271 e. The lowest BCUT2D eigenvalue weighted by molar-refractivity contribution is 0.334. The van der Waals surface area contributed by atoms with Gasteiger partial charge in [0, 0.05) is 0 Å². The molecule has 1 heterocycles. The molecule has 0 aliphatic rings. The van der Waals surface area contributed by atoms with E-state index >= 15 is 0 Å². The van der Waals surface area contributed by atoms with Crippen LogP contribution in [0, 0.1) is 5.41 Å². The van der Waals surface area contributed by atoms with Gasteiger partial charge in [0.15, 0.2) is 0 Å². The zero-order chi connectivity index (χ0) is 13.1. The van der Waals surface area contributed by atoms with Crippen molar-refractivity contribution in [2.24, 2.45) is 11.3 Å². The van der Waals surface area contributed by atoms with E-state index in [1.807, 2.05) is 0 Å². The molecule has 0 aromatic carbocycles. The number of nitrogens with two attached hydrogens (primary N) is 1. The smallest absolute Gasteiger partial charge is 0.0829 e. The van der Waals surface area contributed by atoms with Gasteiger partial charge >= 0.3 is 0 Å². The van der Waals surface area contributed by atoms with Crippen molar-refractivity contribution in [3.8, 4) is 0 Å². The van der Waals surface area contributed by atoms with Crippen LogP contribution in [0.1, 0.15) is 70.0 Å². The number of aromatic nitrogens is 2. The topological polar surface area (TPSA) is 63.8 Å². The average Bonchev–Trinajstić information content (AvgIpc) is 2.66. The van der Waals surface area contributed by atoms with Gasteiger partial charge in [-0.15, -0.1) is 5.10 Å². The van der Waals surface area contributed by atoms with Gasteiger partial charge in [-0.25, -0.2) is 0 Å². The monoisotopic (exact) mass is 256 g/mol. The number of hydrogen-bond acceptors (Lipinski definition) is 5. The fourth-order valence-electron chi connectivity index (χ4n) is 1.71. The number of hydrazine groups is 1. The summed E-state index contributed by atoms with van der Waals surface area (Å²) in [5.74, 6) is 6.06. The van der Waals surface area contributed by atoms with Crippen molar-refractivity contribution in [2.75, 3.05) is 0 Å². The summed E-state index contributed by atoms with van der Waals surface area (Å²) in [6.07, 6.45) is 2.14. The molecule has 0 saturated carbocycles. The molecule has 1 atom stereocenters. The molecule has 0 aliphatic heterocycles. The second-order valence-corrected chi connectivity index (χ2v) is 6.78. The first-order chi connectivity index (χ1) is 7.85. The second kappa shape index (κ2) is 5.89. The molecule has 0 aliphatic carbocycles. The Morgan fingerprint density at radius 2 is 2.00 bits per heavy atom. The maximum atomic E-state index is 5.66. The van der Waals surface area contributed by atoms with Crippen LogP contribution in [-0.4, -0.2) is 9.59 Å². The molecular formula is C12H24N4S. The normalized spacial score (nSPS) is 14.3. The van der Waals surface area contributed by atoms with Crippen molar-refractivity contribution < 1.29 is 0 Å². The van der Waals surface area contributed by atoms with Gasteiger partial charge in [-0.2, -0.15) is 0 Å². The average molecular weight is 256 g/mol. The van der Waals surface area contributed by atoms with Crippen molar-refractivity contribution in [3.63, 3.8) is 0 Å². The summed E-state index contributed by atoms with van der Waals surface area (Å²) in [6.45, 7) is 11.0. The maximum absolute atomic E-state index is 5.66. The SMILES string of the molecule is CC(C)c1nnsc1C(CCC(C)(C)C)NN. The van der Waals surface area contributed by atoms with E-state index in [1.54, 1.807) is 0 Å². The molecule has 1 rings (SSSR count). The molecule has 0 amide bonds. The van der Waals surface area contributed by atoms with E-state index in [2.05, 4.69) is 49.6 Å². The lowest BCUT2D eigenvalue weighted by atomic mass is 9.88. The summed E-state index contributed by atoms with van der Waals surface area (Å²) >= 11 is 1.46. The minimum Gasteiger partial charge on any atom is -0.271 e. The van der Waals surface area contributed by atoms with Gasteiger partial charge in [-0.3, -0.25) is 11.3 Å². The standard InChI is InChI=1S/C12H24N4S/c1-8(2)10-11(17-16-15-10)9(14-13)6-7-12(3,4)5/h8-9,14H,6-7,13H2,1-5H3. The Labute approximate surface area is 108 Å². The molecule has 1 aromatic rings. The number of nitrogens with zero attached hydrogens (tertiary/aromatic N) is 2. The highest BCUT2D eigenvalue weighted by Crippen LogP contribution is 2.31. The first-order valence-electron chi connectivity index (χ1n) is 6.13. The Morgan fingerprint density at radius 1 is 1.35 bits per heavy atom. The van der Waals surface area contributed by atoms with Crippen LogP contribution in [0.25, 0.3) is 0 Å². The summed E-state index contributed by atoms with van der Waals surface area (Å²) in [4.78, 5) is 1.19. The summed E-state index contributed by atoms with van der Waals surface area (Å²) in [7, 11) is 0. The minimum absolute atomic E-state index is 0.173. The van der Waals surface area contributed by atoms with Crippen LogP contribution in [0.15, 0.2) is 0 Å². The molecule has 5 heteroatoms. The van der Waals surface area contributed by atoms with E-state index in [4.69, 9.17) is 5.84 Å². The van der Waals surface area contributed by atoms with E-state index in [9.17, 15) is 0 Å². The fourth-order valence-corrected chi connectivity index (χ4v) is 2.61. The third kappa shape index (κ3) is 4.33. The Kier molecular flexibility index (Phi) is 5.04. The second-order valence-electron chi connectivity index (χ2n) is 6.00. The Balaban J connectivity index is 2.76. The van der Waals surface area contributed by atoms with Crippen LogP contribution in [0.2, 0.25) is 0 Å². The predicted molar refractivity (Wildman–Crippen MR) is 72.8 cm³/mol. The van der Waals surface area contributed by atoms with Crippen LogP contribution in [0.5, 0.6) is 0 Å². The third-order valence-electron chi connectivity index (χ3n) is 2.79. The maximum Gasteiger partial charge on any atom is 0.0829 e. The van der Waals surface area contributed by atoms with Crippen LogP contribution < -0.4 is 11.3 Å². The quantitative estimate of drug-likeness (QED) is 0.628. The molecule has 0 saturated heterocycles. The van der Waals surface area contributed by atoms with Crippen molar-refractivity contribution in [3.05, 3.63) is 10.6 Å². The van der Waals surface area contributed by atoms with Gasteiger partial charge in [-0.1, -0.05) is 39.1 Å². The number of nitrogens with one attached hydrogen (secondary N) is 1. The summed E-state index contributed by atoms with van der Waals surface area (Å²) < 4.78 is 4.05. The first kappa shape index (κ1) is 14.5. The van der Waals surface area contributed by atoms with Crippen molar-refractivity contribution >= 4 is 11.5 Å². The van der Waals surface area contributed by atoms with Crippen molar-refractivity contribution in [1.82, 2.24) is 15.0 Å². The molecule has 1 unspecified atom stereocenters. The lowest BCUT2D eigenvalue weighted by Gasteiger charge is -2.22. The van der Waals surface area contributed by atoms with E-state index in [-0.39, 0.29) is 6.04 Å². The zero-order valence-corrected chi connectivity index (χ0v) is 12.3. The predicted octanol–water partition coefficient (Wildman–Crippen LogP) is 2.99. The Hall–Kier alpha value is -0.520. The number of hydrogen-bond donors (Lipinski definition) is 2. The third-order valence-corrected chi connectivity index (χ3v) is 3.64. The molecule has 1 aromatic heterocycles. The molecule has 17 heavy (non-hydrogen) atoms. The first-order valence-corrected chi connectivity index (χ1v) is 6.90. The molecule has 0 bridgehead atoms. The molecule has 3 N–H and O–H groups in total. The van der Waals surface area contributed by atoms with Crippen LogP contribution in [-0.2, 0) is 0 Å². The van der Waals surface area contributed by atoms with Gasteiger partial charge in [0.2, 0.25) is 0 Å². The molecule has 0 spiro atoms. The van der Waals surface area contributed by atoms with Crippen molar-refractivity contribution in [1.29, 1.82) is 0 Å². The molecule has 0 fully saturated rings. The lowest BCUT2D eigenvalue weighted by Crippen LogP contribution is -2.29. The zero-order valence-electron chi connectivity index (χ0n) is 11.4. The van der Waals surface area contributed by atoms with Crippen molar-refractivity contribution in [2.45, 2.75) is 59.4 Å². The number of rotatable bonds is 5. The summed E-state index contributed by atoms with van der Waals surface area (Å²) in [5.41, 5.74) is 4.30. The Bertz CT molecular complexity index is 341. The van der Waals surface area contributed by atoms with Gasteiger partial charge in [0.05, 0.1) is 16.6 Å².